The molecule has 6 N–H and O–H groups in total. The van der Waals surface area contributed by atoms with Gasteiger partial charge in [0, 0.05) is 12.1 Å². The molecule has 0 radical (unpaired) electrons. The van der Waals surface area contributed by atoms with Gasteiger partial charge in [0.2, 0.25) is 5.91 Å². The van der Waals surface area contributed by atoms with Crippen LogP contribution in [0.2, 0.25) is 0 Å². The number of hydrogen-bond donors (Lipinski definition) is 5. The van der Waals surface area contributed by atoms with E-state index in [1.54, 1.807) is 30.3 Å². The maximum absolute atomic E-state index is 13.4. The third kappa shape index (κ3) is 9.72. The highest BCUT2D eigenvalue weighted by Crippen LogP contribution is 2.49. The number of carbonyl (C=O) groups excluding carboxylic acids is 3. The normalized spacial score (nSPS) is 19.0. The summed E-state index contributed by atoms with van der Waals surface area (Å²) in [7, 11) is -4.60. The van der Waals surface area contributed by atoms with Crippen LogP contribution in [-0.4, -0.2) is 75.7 Å². The number of likely N-dealkylation sites (tertiary alicyclic amines) is 1. The van der Waals surface area contributed by atoms with Gasteiger partial charge in [-0.1, -0.05) is 38.0 Å². The van der Waals surface area contributed by atoms with Crippen LogP contribution in [0.1, 0.15) is 75.6 Å². The van der Waals surface area contributed by atoms with E-state index in [9.17, 15) is 33.7 Å². The number of unbranched alkanes of at least 4 members (excludes halogenated alkanes) is 2. The van der Waals surface area contributed by atoms with Crippen molar-refractivity contribution in [3.05, 3.63) is 35.9 Å². The largest absolute Gasteiger partial charge is 0.480 e. The molecule has 2 unspecified atom stereocenters. The first-order valence-electron chi connectivity index (χ1n) is 13.4. The molecule has 1 heterocycles. The summed E-state index contributed by atoms with van der Waals surface area (Å²) in [6, 6.07) is 6.36. The Morgan fingerprint density at radius 3 is 2.44 bits per heavy atom. The number of carboxylic acid groups (broad SMARTS) is 1. The van der Waals surface area contributed by atoms with Crippen molar-refractivity contribution in [1.29, 1.82) is 0 Å². The van der Waals surface area contributed by atoms with Gasteiger partial charge in [0.25, 0.3) is 11.8 Å². The van der Waals surface area contributed by atoms with Crippen LogP contribution in [-0.2, 0) is 23.5 Å². The fourth-order valence-corrected chi connectivity index (χ4v) is 5.93. The topological polar surface area (TPSA) is 188 Å². The van der Waals surface area contributed by atoms with E-state index in [0.717, 1.165) is 4.90 Å². The summed E-state index contributed by atoms with van der Waals surface area (Å²) in [6.07, 6.45) is 2.07. The highest BCUT2D eigenvalue weighted by Gasteiger charge is 2.41. The Bertz CT molecular complexity index is 1020. The number of nitrogens with one attached hydrogen (secondary N) is 2. The number of nitrogens with two attached hydrogens (primary N) is 1. The Morgan fingerprint density at radius 1 is 1.13 bits per heavy atom. The molecule has 2 rings (SSSR count). The van der Waals surface area contributed by atoms with Gasteiger partial charge in [-0.3, -0.25) is 23.5 Å². The number of carbonyl (C=O) groups is 4. The van der Waals surface area contributed by atoms with E-state index in [0.29, 0.717) is 50.6 Å². The Labute approximate surface area is 229 Å². The van der Waals surface area contributed by atoms with Crippen molar-refractivity contribution in [3.8, 4) is 0 Å². The number of amides is 3. The minimum Gasteiger partial charge on any atom is -0.480 e. The van der Waals surface area contributed by atoms with Crippen LogP contribution in [0.15, 0.2) is 30.3 Å². The predicted molar refractivity (Wildman–Crippen MR) is 145 cm³/mol. The first kappa shape index (κ1) is 32.4. The fraction of sp³-hybridized carbons (Fsp3) is 0.615. The molecule has 12 nitrogen and oxygen atoms in total. The standard InChI is InChI=1S/C26H41N4O8P/c1-3-4-15-22(39(36,37)38-18(2)25(33)30-17-10-14-21(30)26(34)35)29-24(32)20(13-8-9-16-27)28-23(31)19-11-6-5-7-12-19/h5-7,11-12,18,20-22H,3-4,8-10,13-17,27H2,1-2H3,(H,28,31)(H,29,32)(H,34,35)(H,36,37)/t18-,20-,21-,22?/m0/s1. The molecule has 13 heteroatoms. The summed E-state index contributed by atoms with van der Waals surface area (Å²) in [5, 5.41) is 14.6. The summed E-state index contributed by atoms with van der Waals surface area (Å²) >= 11 is 0. The van der Waals surface area contributed by atoms with E-state index in [1.807, 2.05) is 6.92 Å². The molecule has 1 fully saturated rings. The van der Waals surface area contributed by atoms with Gasteiger partial charge < -0.3 is 31.3 Å². The lowest BCUT2D eigenvalue weighted by Gasteiger charge is -2.30. The zero-order valence-corrected chi connectivity index (χ0v) is 23.5. The minimum absolute atomic E-state index is 0.0978. The van der Waals surface area contributed by atoms with Crippen LogP contribution in [0.25, 0.3) is 0 Å². The smallest absolute Gasteiger partial charge is 0.350 e. The molecule has 1 aromatic rings. The molecule has 1 aliphatic heterocycles. The number of aliphatic carboxylic acids is 1. The van der Waals surface area contributed by atoms with Gasteiger partial charge in [-0.25, -0.2) is 4.79 Å². The van der Waals surface area contributed by atoms with Crippen LogP contribution in [0.5, 0.6) is 0 Å². The molecule has 218 valence electrons. The van der Waals surface area contributed by atoms with Crippen LogP contribution in [0.4, 0.5) is 0 Å². The van der Waals surface area contributed by atoms with Crippen molar-refractivity contribution in [1.82, 2.24) is 15.5 Å². The summed E-state index contributed by atoms with van der Waals surface area (Å²) < 4.78 is 18.7. The van der Waals surface area contributed by atoms with E-state index in [-0.39, 0.29) is 19.4 Å². The molecule has 1 aromatic carbocycles. The van der Waals surface area contributed by atoms with Gasteiger partial charge in [0.1, 0.15) is 24.0 Å². The molecular weight excluding hydrogens is 527 g/mol. The van der Waals surface area contributed by atoms with E-state index in [2.05, 4.69) is 10.6 Å². The van der Waals surface area contributed by atoms with Gasteiger partial charge >= 0.3 is 13.6 Å². The average molecular weight is 569 g/mol. The first-order chi connectivity index (χ1) is 18.5. The molecule has 1 aliphatic rings. The Morgan fingerprint density at radius 2 is 1.82 bits per heavy atom. The van der Waals surface area contributed by atoms with Crippen molar-refractivity contribution in [2.75, 3.05) is 13.1 Å². The monoisotopic (exact) mass is 568 g/mol. The number of rotatable bonds is 16. The number of hydrogen-bond acceptors (Lipinski definition) is 7. The van der Waals surface area contributed by atoms with Gasteiger partial charge in [0.15, 0.2) is 0 Å². The molecule has 0 spiro atoms. The average Bonchev–Trinajstić information content (AvgIpc) is 3.40. The van der Waals surface area contributed by atoms with Gasteiger partial charge in [-0.2, -0.15) is 0 Å². The molecular formula is C26H41N4O8P. The predicted octanol–water partition coefficient (Wildman–Crippen LogP) is 2.21. The summed E-state index contributed by atoms with van der Waals surface area (Å²) in [5.74, 6) is -4.30. The van der Waals surface area contributed by atoms with Crippen molar-refractivity contribution < 1.29 is 38.3 Å². The van der Waals surface area contributed by atoms with E-state index in [4.69, 9.17) is 10.3 Å². The Hall–Kier alpha value is -2.79. The maximum atomic E-state index is 13.4. The number of carboxylic acids is 1. The van der Waals surface area contributed by atoms with Crippen LogP contribution < -0.4 is 16.4 Å². The third-order valence-corrected chi connectivity index (χ3v) is 8.41. The fourth-order valence-electron chi connectivity index (χ4n) is 4.44. The third-order valence-electron chi connectivity index (χ3n) is 6.62. The Kier molecular flexibility index (Phi) is 13.1. The maximum Gasteiger partial charge on any atom is 0.350 e. The Balaban J connectivity index is 2.16. The highest BCUT2D eigenvalue weighted by molar-refractivity contribution is 7.53. The summed E-state index contributed by atoms with van der Waals surface area (Å²) in [5.41, 5.74) is 5.94. The molecule has 5 atom stereocenters. The van der Waals surface area contributed by atoms with E-state index in [1.165, 1.54) is 6.92 Å². The second-order valence-electron chi connectivity index (χ2n) is 9.68. The van der Waals surface area contributed by atoms with E-state index >= 15 is 0 Å². The first-order valence-corrected chi connectivity index (χ1v) is 15.1. The minimum atomic E-state index is -4.60. The lowest BCUT2D eigenvalue weighted by molar-refractivity contribution is -0.151. The molecule has 0 aliphatic carbocycles. The lowest BCUT2D eigenvalue weighted by atomic mass is 10.1. The molecule has 1 saturated heterocycles. The SMILES string of the molecule is CCCCC(NC(=O)[C@H](CCCCN)NC(=O)c1ccccc1)P(=O)(O)O[C@@H](C)C(=O)N1CCC[C@H]1C(=O)O. The number of nitrogens with zero attached hydrogens (tertiary/aromatic N) is 1. The second-order valence-corrected chi connectivity index (χ2v) is 11.6. The van der Waals surface area contributed by atoms with Gasteiger partial charge in [0.05, 0.1) is 0 Å². The van der Waals surface area contributed by atoms with Crippen LogP contribution in [0.3, 0.4) is 0 Å². The van der Waals surface area contributed by atoms with Crippen LogP contribution >= 0.6 is 7.60 Å². The summed E-state index contributed by atoms with van der Waals surface area (Å²) in [6.45, 7) is 3.78. The second kappa shape index (κ2) is 15.7. The van der Waals surface area contributed by atoms with Crippen molar-refractivity contribution in [3.63, 3.8) is 0 Å². The highest BCUT2D eigenvalue weighted by atomic mass is 31.2. The zero-order valence-electron chi connectivity index (χ0n) is 22.6. The summed E-state index contributed by atoms with van der Waals surface area (Å²) in [4.78, 5) is 62.4. The molecule has 0 saturated carbocycles. The van der Waals surface area contributed by atoms with Gasteiger partial charge in [-0.15, -0.1) is 0 Å². The quantitative estimate of drug-likeness (QED) is 0.147. The molecule has 0 aromatic heterocycles. The van der Waals surface area contributed by atoms with Gasteiger partial charge in [-0.05, 0) is 64.1 Å². The zero-order chi connectivity index (χ0) is 29.0. The van der Waals surface area contributed by atoms with Crippen molar-refractivity contribution >= 4 is 31.3 Å². The van der Waals surface area contributed by atoms with Crippen LogP contribution in [0, 0.1) is 0 Å². The molecule has 0 bridgehead atoms. The van der Waals surface area contributed by atoms with E-state index < -0.39 is 55.3 Å². The molecule has 3 amide bonds. The lowest BCUT2D eigenvalue weighted by Crippen LogP contribution is -2.50. The number of benzene rings is 1. The van der Waals surface area contributed by atoms with Crippen molar-refractivity contribution in [2.45, 2.75) is 89.2 Å². The molecule has 39 heavy (non-hydrogen) atoms. The van der Waals surface area contributed by atoms with Crippen molar-refractivity contribution in [2.24, 2.45) is 5.73 Å².